The molecule has 0 radical (unpaired) electrons. The van der Waals surface area contributed by atoms with Crippen molar-refractivity contribution in [2.45, 2.75) is 89.9 Å². The van der Waals surface area contributed by atoms with Crippen molar-refractivity contribution in [2.24, 2.45) is 0 Å². The van der Waals surface area contributed by atoms with Crippen LogP contribution in [0.3, 0.4) is 0 Å². The Labute approximate surface area is 194 Å². The van der Waals surface area contributed by atoms with E-state index >= 15 is 0 Å². The largest absolute Gasteiger partial charge is 0.289 e. The molecule has 0 saturated carbocycles. The molecule has 0 bridgehead atoms. The van der Waals surface area contributed by atoms with Gasteiger partial charge in [-0.2, -0.15) is 0 Å². The maximum Gasteiger partial charge on any atom is 0.185 e. The van der Waals surface area contributed by atoms with E-state index in [1.807, 2.05) is 30.0 Å². The van der Waals surface area contributed by atoms with Crippen LogP contribution in [0.15, 0.2) is 53.4 Å². The number of hydrogen-bond acceptors (Lipinski definition) is 2. The molecule has 0 atom stereocenters. The molecule has 31 heavy (non-hydrogen) atoms. The molecule has 0 aliphatic rings. The molecule has 0 fully saturated rings. The summed E-state index contributed by atoms with van der Waals surface area (Å²) in [5.41, 5.74) is 4.34. The minimum Gasteiger partial charge on any atom is -0.289 e. The van der Waals surface area contributed by atoms with Gasteiger partial charge in [0.2, 0.25) is 0 Å². The molecular weight excluding hydrogens is 396 g/mol. The average molecular weight is 437 g/mol. The maximum absolute atomic E-state index is 12.4. The van der Waals surface area contributed by atoms with Crippen molar-refractivity contribution < 1.29 is 4.79 Å². The zero-order valence-electron chi connectivity index (χ0n) is 19.8. The third-order valence-electron chi connectivity index (χ3n) is 5.86. The van der Waals surface area contributed by atoms with Gasteiger partial charge >= 0.3 is 0 Å². The number of carbonyl (C=O) groups is 1. The van der Waals surface area contributed by atoms with Crippen LogP contribution in [0.1, 0.15) is 98.2 Å². The summed E-state index contributed by atoms with van der Waals surface area (Å²) in [5.74, 6) is 1.22. The van der Waals surface area contributed by atoms with Gasteiger partial charge in [0.05, 0.1) is 0 Å². The van der Waals surface area contributed by atoms with Crippen LogP contribution in [-0.4, -0.2) is 11.5 Å². The first-order valence-corrected chi connectivity index (χ1v) is 13.1. The summed E-state index contributed by atoms with van der Waals surface area (Å²) in [6, 6.07) is 14.3. The number of allylic oxidation sites excluding steroid dienone is 1. The fraction of sp³-hybridized carbons (Fsp3) is 0.483. The van der Waals surface area contributed by atoms with Gasteiger partial charge in [-0.1, -0.05) is 89.0 Å². The number of carbonyl (C=O) groups excluding carboxylic acids is 1. The number of unbranched alkanes of at least 4 members (excludes halogenated alkanes) is 9. The van der Waals surface area contributed by atoms with E-state index in [-0.39, 0.29) is 5.78 Å². The smallest absolute Gasteiger partial charge is 0.185 e. The predicted octanol–water partition coefficient (Wildman–Crippen LogP) is 9.21. The Morgan fingerprint density at radius 2 is 1.39 bits per heavy atom. The van der Waals surface area contributed by atoms with Gasteiger partial charge in [-0.25, -0.2) is 0 Å². The van der Waals surface area contributed by atoms with Crippen molar-refractivity contribution in [3.63, 3.8) is 0 Å². The molecule has 0 N–H and O–H groups in total. The van der Waals surface area contributed by atoms with Crippen LogP contribution in [0.2, 0.25) is 0 Å². The van der Waals surface area contributed by atoms with E-state index in [9.17, 15) is 4.79 Å². The summed E-state index contributed by atoms with van der Waals surface area (Å²) in [5, 5.41) is 0. The lowest BCUT2D eigenvalue weighted by atomic mass is 10.0. The zero-order chi connectivity index (χ0) is 22.3. The summed E-state index contributed by atoms with van der Waals surface area (Å²) in [7, 11) is 0. The van der Waals surface area contributed by atoms with Crippen LogP contribution in [0.5, 0.6) is 0 Å². The number of hydrogen-bond donors (Lipinski definition) is 0. The highest BCUT2D eigenvalue weighted by Gasteiger charge is 2.03. The fourth-order valence-electron chi connectivity index (χ4n) is 3.63. The third kappa shape index (κ3) is 10.4. The highest BCUT2D eigenvalue weighted by molar-refractivity contribution is 7.99. The summed E-state index contributed by atoms with van der Waals surface area (Å²) >= 11 is 1.90. The van der Waals surface area contributed by atoms with Crippen LogP contribution < -0.4 is 0 Å². The molecule has 2 heteroatoms. The Balaban J connectivity index is 1.62. The van der Waals surface area contributed by atoms with E-state index in [1.54, 1.807) is 6.08 Å². The molecule has 0 amide bonds. The Morgan fingerprint density at radius 1 is 0.774 bits per heavy atom. The van der Waals surface area contributed by atoms with E-state index < -0.39 is 0 Å². The molecule has 0 saturated heterocycles. The van der Waals surface area contributed by atoms with Crippen LogP contribution in [-0.2, 0) is 0 Å². The molecule has 2 rings (SSSR count). The molecule has 0 unspecified atom stereocenters. The molecule has 0 heterocycles. The van der Waals surface area contributed by atoms with Crippen molar-refractivity contribution in [1.82, 2.24) is 0 Å². The van der Waals surface area contributed by atoms with Crippen LogP contribution >= 0.6 is 11.8 Å². The SMILES string of the molecule is CCCCCCCCCCCCSc1ccc(C(=O)/C=C/c2ccc(C)c(C)c2)cc1. The van der Waals surface area contributed by atoms with Crippen LogP contribution in [0, 0.1) is 13.8 Å². The lowest BCUT2D eigenvalue weighted by Gasteiger charge is -2.04. The maximum atomic E-state index is 12.4. The van der Waals surface area contributed by atoms with Crippen molar-refractivity contribution in [1.29, 1.82) is 0 Å². The van der Waals surface area contributed by atoms with Crippen molar-refractivity contribution in [3.05, 3.63) is 70.8 Å². The second kappa shape index (κ2) is 15.1. The van der Waals surface area contributed by atoms with E-state index in [1.165, 1.54) is 80.2 Å². The molecule has 0 spiro atoms. The first-order valence-electron chi connectivity index (χ1n) is 12.1. The van der Waals surface area contributed by atoms with Gasteiger partial charge in [0.25, 0.3) is 0 Å². The van der Waals surface area contributed by atoms with Gasteiger partial charge in [-0.3, -0.25) is 4.79 Å². The first kappa shape index (κ1) is 25.5. The van der Waals surface area contributed by atoms with Crippen molar-refractivity contribution >= 4 is 23.6 Å². The average Bonchev–Trinajstić information content (AvgIpc) is 2.78. The van der Waals surface area contributed by atoms with Crippen LogP contribution in [0.4, 0.5) is 0 Å². The van der Waals surface area contributed by atoms with Gasteiger partial charge < -0.3 is 0 Å². The topological polar surface area (TPSA) is 17.1 Å². The molecule has 2 aromatic rings. The number of rotatable bonds is 15. The lowest BCUT2D eigenvalue weighted by molar-refractivity contribution is 0.104. The zero-order valence-corrected chi connectivity index (χ0v) is 20.6. The highest BCUT2D eigenvalue weighted by atomic mass is 32.2. The fourth-order valence-corrected chi connectivity index (χ4v) is 4.54. The highest BCUT2D eigenvalue weighted by Crippen LogP contribution is 2.21. The molecular formula is C29H40OS. The summed E-state index contributed by atoms with van der Waals surface area (Å²) in [6.07, 6.45) is 17.4. The van der Waals surface area contributed by atoms with E-state index in [4.69, 9.17) is 0 Å². The van der Waals surface area contributed by atoms with Gasteiger partial charge in [-0.05, 0) is 73.1 Å². The standard InChI is InChI=1S/C29H40OS/c1-4-5-6-7-8-9-10-11-12-13-22-31-28-19-17-27(18-20-28)29(30)21-16-26-15-14-24(2)25(3)23-26/h14-21,23H,4-13,22H2,1-3H3/b21-16+. The Hall–Kier alpha value is -1.80. The second-order valence-electron chi connectivity index (χ2n) is 8.60. The van der Waals surface area contributed by atoms with Gasteiger partial charge in [0, 0.05) is 10.5 Å². The van der Waals surface area contributed by atoms with Gasteiger partial charge in [-0.15, -0.1) is 11.8 Å². The van der Waals surface area contributed by atoms with E-state index in [0.29, 0.717) is 0 Å². The second-order valence-corrected chi connectivity index (χ2v) is 9.76. The quantitative estimate of drug-likeness (QED) is 0.120. The molecule has 0 aromatic heterocycles. The van der Waals surface area contributed by atoms with Gasteiger partial charge in [0.1, 0.15) is 0 Å². The van der Waals surface area contributed by atoms with E-state index in [0.717, 1.165) is 16.9 Å². The van der Waals surface area contributed by atoms with Crippen molar-refractivity contribution in [3.8, 4) is 0 Å². The molecule has 0 aliphatic heterocycles. The monoisotopic (exact) mass is 436 g/mol. The normalized spacial score (nSPS) is 11.3. The minimum absolute atomic E-state index is 0.0597. The first-order chi connectivity index (χ1) is 15.1. The van der Waals surface area contributed by atoms with Crippen LogP contribution in [0.25, 0.3) is 6.08 Å². The Morgan fingerprint density at radius 3 is 2.00 bits per heavy atom. The summed E-state index contributed by atoms with van der Waals surface area (Å²) in [6.45, 7) is 6.47. The number of ketones is 1. The molecule has 1 nitrogen and oxygen atoms in total. The lowest BCUT2D eigenvalue weighted by Crippen LogP contribution is -1.94. The summed E-state index contributed by atoms with van der Waals surface area (Å²) in [4.78, 5) is 13.7. The molecule has 168 valence electrons. The van der Waals surface area contributed by atoms with Crippen molar-refractivity contribution in [2.75, 3.05) is 5.75 Å². The number of aryl methyl sites for hydroxylation is 2. The number of thioether (sulfide) groups is 1. The third-order valence-corrected chi connectivity index (χ3v) is 6.96. The molecule has 2 aromatic carbocycles. The summed E-state index contributed by atoms with van der Waals surface area (Å²) < 4.78 is 0. The molecule has 0 aliphatic carbocycles. The van der Waals surface area contributed by atoms with Gasteiger partial charge in [0.15, 0.2) is 5.78 Å². The predicted molar refractivity (Wildman–Crippen MR) is 138 cm³/mol. The number of benzene rings is 2. The Bertz CT molecular complexity index is 804. The van der Waals surface area contributed by atoms with E-state index in [2.05, 4.69) is 51.1 Å². The Kier molecular flexibility index (Phi) is 12.4. The minimum atomic E-state index is 0.0597.